The smallest absolute Gasteiger partial charge is 0.145 e. The maximum absolute atomic E-state index is 5.97. The molecule has 0 spiro atoms. The van der Waals surface area contributed by atoms with Crippen LogP contribution >= 0.6 is 0 Å². The predicted molar refractivity (Wildman–Crippen MR) is 73.2 cm³/mol. The maximum atomic E-state index is 5.97. The van der Waals surface area contributed by atoms with E-state index in [-0.39, 0.29) is 0 Å². The number of nitrogens with zero attached hydrogens (tertiary/aromatic N) is 2. The third-order valence-corrected chi connectivity index (χ3v) is 3.86. The molecule has 0 aliphatic heterocycles. The molecule has 0 saturated heterocycles. The van der Waals surface area contributed by atoms with Gasteiger partial charge in [-0.2, -0.15) is 5.10 Å². The first kappa shape index (κ1) is 13.4. The zero-order valence-electron chi connectivity index (χ0n) is 11.3. The highest BCUT2D eigenvalue weighted by Gasteiger charge is 2.20. The Hall–Kier alpha value is -1.03. The fourth-order valence-corrected chi connectivity index (χ4v) is 2.74. The van der Waals surface area contributed by atoms with Crippen LogP contribution in [0.3, 0.4) is 0 Å². The Balaban J connectivity index is 1.60. The zero-order chi connectivity index (χ0) is 12.8. The first-order valence-electron chi connectivity index (χ1n) is 7.18. The van der Waals surface area contributed by atoms with E-state index in [1.54, 1.807) is 0 Å². The molecule has 1 aliphatic carbocycles. The lowest BCUT2D eigenvalue weighted by Gasteiger charge is -2.28. The van der Waals surface area contributed by atoms with Gasteiger partial charge >= 0.3 is 0 Å². The normalized spacial score (nSPS) is 24.3. The third-order valence-electron chi connectivity index (χ3n) is 3.86. The van der Waals surface area contributed by atoms with Crippen LogP contribution in [0.15, 0.2) is 12.3 Å². The number of aromatic nitrogens is 2. The highest BCUT2D eigenvalue weighted by atomic mass is 16.5. The zero-order valence-corrected chi connectivity index (χ0v) is 11.3. The molecule has 1 saturated carbocycles. The summed E-state index contributed by atoms with van der Waals surface area (Å²) < 4.78 is 7.85. The number of nitrogens with two attached hydrogens (primary N) is 1. The molecule has 4 heteroatoms. The van der Waals surface area contributed by atoms with Gasteiger partial charge in [0.2, 0.25) is 0 Å². The lowest BCUT2D eigenvalue weighted by Crippen LogP contribution is -2.23. The molecular weight excluding hydrogens is 226 g/mol. The maximum Gasteiger partial charge on any atom is 0.145 e. The Morgan fingerprint density at radius 1 is 1.50 bits per heavy atom. The van der Waals surface area contributed by atoms with Crippen LogP contribution in [0.1, 0.15) is 45.4 Å². The van der Waals surface area contributed by atoms with E-state index in [0.29, 0.717) is 11.9 Å². The van der Waals surface area contributed by atoms with Gasteiger partial charge in [-0.1, -0.05) is 26.2 Å². The topological polar surface area (TPSA) is 53.1 Å². The fourth-order valence-electron chi connectivity index (χ4n) is 2.74. The number of aryl methyl sites for hydroxylation is 1. The third kappa shape index (κ3) is 4.02. The van der Waals surface area contributed by atoms with Crippen molar-refractivity contribution in [2.24, 2.45) is 5.92 Å². The predicted octanol–water partition coefficient (Wildman–Crippen LogP) is 2.84. The van der Waals surface area contributed by atoms with Gasteiger partial charge in [0.05, 0.1) is 6.10 Å². The van der Waals surface area contributed by atoms with Crippen molar-refractivity contribution < 1.29 is 4.74 Å². The van der Waals surface area contributed by atoms with Gasteiger partial charge in [-0.25, -0.2) is 0 Å². The summed E-state index contributed by atoms with van der Waals surface area (Å²) in [5.74, 6) is 1.48. The number of nitrogen functional groups attached to an aromatic ring is 1. The summed E-state index contributed by atoms with van der Waals surface area (Å²) in [6.07, 6.45) is 9.94. The van der Waals surface area contributed by atoms with Crippen molar-refractivity contribution in [3.05, 3.63) is 12.3 Å². The standard InChI is InChI=1S/C14H25N3O/c1-2-12-5-3-6-13(11-12)18-10-4-8-17-9-7-14(15)16-17/h7,9,12-13H,2-6,8,10-11H2,1H3,(H2,15,16). The average Bonchev–Trinajstić information content (AvgIpc) is 2.81. The molecule has 102 valence electrons. The summed E-state index contributed by atoms with van der Waals surface area (Å²) in [5, 5.41) is 4.16. The van der Waals surface area contributed by atoms with Crippen LogP contribution in [0.25, 0.3) is 0 Å². The van der Waals surface area contributed by atoms with Gasteiger partial charge < -0.3 is 10.5 Å². The minimum absolute atomic E-state index is 0.492. The van der Waals surface area contributed by atoms with E-state index in [1.165, 1.54) is 32.1 Å². The molecule has 2 atom stereocenters. The summed E-state index contributed by atoms with van der Waals surface area (Å²) >= 11 is 0. The molecule has 1 aromatic rings. The van der Waals surface area contributed by atoms with Crippen LogP contribution in [0.2, 0.25) is 0 Å². The van der Waals surface area contributed by atoms with Crippen LogP contribution in [-0.4, -0.2) is 22.5 Å². The van der Waals surface area contributed by atoms with Crippen LogP contribution in [-0.2, 0) is 11.3 Å². The highest BCUT2D eigenvalue weighted by Crippen LogP contribution is 2.28. The first-order chi connectivity index (χ1) is 8.78. The van der Waals surface area contributed by atoms with Crippen molar-refractivity contribution in [2.45, 2.75) is 58.1 Å². The summed E-state index contributed by atoms with van der Waals surface area (Å²) in [6, 6.07) is 1.83. The van der Waals surface area contributed by atoms with Crippen molar-refractivity contribution in [3.63, 3.8) is 0 Å². The van der Waals surface area contributed by atoms with Crippen LogP contribution in [0.4, 0.5) is 5.82 Å². The molecule has 2 unspecified atom stereocenters. The van der Waals surface area contributed by atoms with Crippen LogP contribution < -0.4 is 5.73 Å². The van der Waals surface area contributed by atoms with Crippen LogP contribution in [0, 0.1) is 5.92 Å². The fraction of sp³-hybridized carbons (Fsp3) is 0.786. The van der Waals surface area contributed by atoms with E-state index in [2.05, 4.69) is 12.0 Å². The number of hydrogen-bond acceptors (Lipinski definition) is 3. The Kier molecular flexibility index (Phi) is 5.05. The van der Waals surface area contributed by atoms with E-state index in [9.17, 15) is 0 Å². The van der Waals surface area contributed by atoms with Gasteiger partial charge in [-0.15, -0.1) is 0 Å². The van der Waals surface area contributed by atoms with Gasteiger partial charge in [0.1, 0.15) is 5.82 Å². The van der Waals surface area contributed by atoms with E-state index in [0.717, 1.165) is 25.5 Å². The van der Waals surface area contributed by atoms with E-state index >= 15 is 0 Å². The first-order valence-corrected chi connectivity index (χ1v) is 7.18. The SMILES string of the molecule is CCC1CCCC(OCCCn2ccc(N)n2)C1. The number of ether oxygens (including phenoxy) is 1. The van der Waals surface area contributed by atoms with Gasteiger partial charge in [0.25, 0.3) is 0 Å². The molecule has 1 heterocycles. The largest absolute Gasteiger partial charge is 0.382 e. The molecule has 1 aromatic heterocycles. The molecule has 4 nitrogen and oxygen atoms in total. The highest BCUT2D eigenvalue weighted by molar-refractivity contribution is 5.23. The molecule has 1 aliphatic rings. The van der Waals surface area contributed by atoms with Crippen molar-refractivity contribution in [2.75, 3.05) is 12.3 Å². The van der Waals surface area contributed by atoms with E-state index < -0.39 is 0 Å². The second kappa shape index (κ2) is 6.78. The second-order valence-electron chi connectivity index (χ2n) is 5.29. The van der Waals surface area contributed by atoms with Crippen molar-refractivity contribution in [1.82, 2.24) is 9.78 Å². The van der Waals surface area contributed by atoms with Gasteiger partial charge in [-0.05, 0) is 31.2 Å². The van der Waals surface area contributed by atoms with Crippen molar-refractivity contribution in [3.8, 4) is 0 Å². The Labute approximate surface area is 110 Å². The number of anilines is 1. The molecule has 0 bridgehead atoms. The molecule has 2 N–H and O–H groups in total. The molecule has 0 aromatic carbocycles. The van der Waals surface area contributed by atoms with Gasteiger partial charge in [0.15, 0.2) is 0 Å². The molecule has 2 rings (SSSR count). The van der Waals surface area contributed by atoms with Crippen LogP contribution in [0.5, 0.6) is 0 Å². The summed E-state index contributed by atoms with van der Waals surface area (Å²) in [6.45, 7) is 4.01. The molecular formula is C14H25N3O. The molecule has 0 radical (unpaired) electrons. The molecule has 0 amide bonds. The minimum atomic E-state index is 0.492. The monoisotopic (exact) mass is 251 g/mol. The molecule has 18 heavy (non-hydrogen) atoms. The average molecular weight is 251 g/mol. The lowest BCUT2D eigenvalue weighted by atomic mass is 9.85. The number of hydrogen-bond donors (Lipinski definition) is 1. The van der Waals surface area contributed by atoms with Crippen molar-refractivity contribution in [1.29, 1.82) is 0 Å². The van der Waals surface area contributed by atoms with Crippen molar-refractivity contribution >= 4 is 5.82 Å². The Morgan fingerprint density at radius 3 is 3.11 bits per heavy atom. The Morgan fingerprint density at radius 2 is 2.39 bits per heavy atom. The number of rotatable bonds is 6. The van der Waals surface area contributed by atoms with Gasteiger partial charge in [-0.3, -0.25) is 4.68 Å². The lowest BCUT2D eigenvalue weighted by molar-refractivity contribution is 0.00988. The summed E-state index contributed by atoms with van der Waals surface area (Å²) in [5.41, 5.74) is 5.57. The summed E-state index contributed by atoms with van der Waals surface area (Å²) in [7, 11) is 0. The molecule has 1 fully saturated rings. The van der Waals surface area contributed by atoms with E-state index in [1.807, 2.05) is 16.9 Å². The summed E-state index contributed by atoms with van der Waals surface area (Å²) in [4.78, 5) is 0. The van der Waals surface area contributed by atoms with E-state index in [4.69, 9.17) is 10.5 Å². The second-order valence-corrected chi connectivity index (χ2v) is 5.29. The Bertz CT molecular complexity index is 351. The quantitative estimate of drug-likeness (QED) is 0.791. The van der Waals surface area contributed by atoms with Gasteiger partial charge in [0, 0.05) is 19.3 Å². The minimum Gasteiger partial charge on any atom is -0.382 e.